The Balaban J connectivity index is 1.34. The van der Waals surface area contributed by atoms with Crippen molar-refractivity contribution in [1.82, 2.24) is 24.8 Å². The maximum Gasteiger partial charge on any atom is 0.253 e. The number of hydrogen-bond acceptors (Lipinski definition) is 4. The number of carbonyl (C=O) groups excluding carboxylic acids is 1. The summed E-state index contributed by atoms with van der Waals surface area (Å²) in [6.45, 7) is 7.15. The quantitative estimate of drug-likeness (QED) is 0.740. The molecule has 146 valence electrons. The molecule has 3 aromatic rings. The van der Waals surface area contributed by atoms with Crippen LogP contribution < -0.4 is 5.32 Å². The van der Waals surface area contributed by atoms with Gasteiger partial charge in [0, 0.05) is 37.9 Å². The van der Waals surface area contributed by atoms with Gasteiger partial charge in [-0.05, 0) is 38.3 Å². The Kier molecular flexibility index (Phi) is 5.39. The zero-order valence-electron chi connectivity index (χ0n) is 16.5. The third-order valence-corrected chi connectivity index (χ3v) is 5.40. The molecule has 1 aromatic carbocycles. The fourth-order valence-electron chi connectivity index (χ4n) is 3.77. The predicted octanol–water partition coefficient (Wildman–Crippen LogP) is 3.41. The molecule has 1 amide bonds. The molecule has 28 heavy (non-hydrogen) atoms. The van der Waals surface area contributed by atoms with E-state index in [4.69, 9.17) is 0 Å². The zero-order valence-corrected chi connectivity index (χ0v) is 16.5. The SMILES string of the molecule is CC(C)n1cnc2cc(C(=O)NC3CCN(Cc4ccccc4)CC3)cnc21. The van der Waals surface area contributed by atoms with Gasteiger partial charge in [-0.15, -0.1) is 0 Å². The van der Waals surface area contributed by atoms with Crippen molar-refractivity contribution in [3.8, 4) is 0 Å². The summed E-state index contributed by atoms with van der Waals surface area (Å²) in [6, 6.07) is 12.9. The van der Waals surface area contributed by atoms with Crippen LogP contribution in [0.1, 0.15) is 48.7 Å². The number of aromatic nitrogens is 3. The summed E-state index contributed by atoms with van der Waals surface area (Å²) in [6.07, 6.45) is 5.38. The number of hydrogen-bond donors (Lipinski definition) is 1. The van der Waals surface area contributed by atoms with Crippen molar-refractivity contribution in [1.29, 1.82) is 0 Å². The molecule has 0 unspecified atom stereocenters. The van der Waals surface area contributed by atoms with E-state index in [0.29, 0.717) is 11.6 Å². The molecule has 1 saturated heterocycles. The van der Waals surface area contributed by atoms with Crippen molar-refractivity contribution in [2.75, 3.05) is 13.1 Å². The number of likely N-dealkylation sites (tertiary alicyclic amines) is 1. The lowest BCUT2D eigenvalue weighted by atomic mass is 10.0. The number of amides is 1. The molecule has 1 N–H and O–H groups in total. The van der Waals surface area contributed by atoms with Gasteiger partial charge in [0.15, 0.2) is 5.65 Å². The van der Waals surface area contributed by atoms with Gasteiger partial charge in [0.2, 0.25) is 0 Å². The van der Waals surface area contributed by atoms with Crippen LogP contribution in [-0.2, 0) is 6.54 Å². The van der Waals surface area contributed by atoms with Crippen LogP contribution >= 0.6 is 0 Å². The minimum atomic E-state index is -0.0602. The third-order valence-electron chi connectivity index (χ3n) is 5.40. The second-order valence-electron chi connectivity index (χ2n) is 7.82. The largest absolute Gasteiger partial charge is 0.349 e. The topological polar surface area (TPSA) is 63.1 Å². The summed E-state index contributed by atoms with van der Waals surface area (Å²) in [5.41, 5.74) is 3.50. The molecule has 3 heterocycles. The Morgan fingerprint density at radius 2 is 1.93 bits per heavy atom. The van der Waals surface area contributed by atoms with E-state index in [0.717, 1.165) is 43.6 Å². The first kappa shape index (κ1) is 18.6. The number of nitrogens with one attached hydrogen (secondary N) is 1. The van der Waals surface area contributed by atoms with Gasteiger partial charge in [-0.1, -0.05) is 30.3 Å². The first-order valence-electron chi connectivity index (χ1n) is 10.00. The Bertz CT molecular complexity index is 942. The van der Waals surface area contributed by atoms with Crippen LogP contribution in [0.3, 0.4) is 0 Å². The Hall–Kier alpha value is -2.73. The first-order chi connectivity index (χ1) is 13.6. The van der Waals surface area contributed by atoms with E-state index in [9.17, 15) is 4.79 Å². The standard InChI is InChI=1S/C22H27N5O/c1-16(2)27-15-24-20-12-18(13-23-21(20)27)22(28)25-19-8-10-26(11-9-19)14-17-6-4-3-5-7-17/h3-7,12-13,15-16,19H,8-11,14H2,1-2H3,(H,25,28). The van der Waals surface area contributed by atoms with Crippen molar-refractivity contribution < 1.29 is 4.79 Å². The van der Waals surface area contributed by atoms with Crippen LogP contribution in [0.5, 0.6) is 0 Å². The number of imidazole rings is 1. The van der Waals surface area contributed by atoms with E-state index in [2.05, 4.69) is 58.3 Å². The smallest absolute Gasteiger partial charge is 0.253 e. The van der Waals surface area contributed by atoms with Gasteiger partial charge in [-0.3, -0.25) is 9.69 Å². The highest BCUT2D eigenvalue weighted by molar-refractivity contribution is 5.96. The van der Waals surface area contributed by atoms with Crippen molar-refractivity contribution >= 4 is 17.1 Å². The Morgan fingerprint density at radius 1 is 1.18 bits per heavy atom. The Labute approximate surface area is 165 Å². The molecule has 1 aliphatic rings. The highest BCUT2D eigenvalue weighted by Crippen LogP contribution is 2.18. The molecule has 6 heteroatoms. The maximum atomic E-state index is 12.7. The lowest BCUT2D eigenvalue weighted by Gasteiger charge is -2.32. The van der Waals surface area contributed by atoms with Crippen LogP contribution in [0.15, 0.2) is 48.9 Å². The molecule has 0 radical (unpaired) electrons. The monoisotopic (exact) mass is 377 g/mol. The number of fused-ring (bicyclic) bond motifs is 1. The van der Waals surface area contributed by atoms with Crippen molar-refractivity contribution in [3.63, 3.8) is 0 Å². The fourth-order valence-corrected chi connectivity index (χ4v) is 3.77. The van der Waals surface area contributed by atoms with Gasteiger partial charge in [-0.25, -0.2) is 9.97 Å². The minimum absolute atomic E-state index is 0.0602. The van der Waals surface area contributed by atoms with Gasteiger partial charge in [0.1, 0.15) is 5.52 Å². The van der Waals surface area contributed by atoms with Crippen LogP contribution in [0.4, 0.5) is 0 Å². The van der Waals surface area contributed by atoms with Crippen molar-refractivity contribution in [2.45, 2.75) is 45.3 Å². The summed E-state index contributed by atoms with van der Waals surface area (Å²) in [7, 11) is 0. The molecule has 2 aromatic heterocycles. The van der Waals surface area contributed by atoms with Crippen molar-refractivity contribution in [3.05, 3.63) is 60.0 Å². The number of carbonyl (C=O) groups is 1. The number of nitrogens with zero attached hydrogens (tertiary/aromatic N) is 4. The second kappa shape index (κ2) is 8.10. The number of piperidine rings is 1. The Morgan fingerprint density at radius 3 is 2.64 bits per heavy atom. The summed E-state index contributed by atoms with van der Waals surface area (Å²) in [5.74, 6) is -0.0602. The molecule has 1 fully saturated rings. The lowest BCUT2D eigenvalue weighted by Crippen LogP contribution is -2.44. The third kappa shape index (κ3) is 4.07. The molecule has 1 aliphatic heterocycles. The zero-order chi connectivity index (χ0) is 19.5. The minimum Gasteiger partial charge on any atom is -0.349 e. The fraction of sp³-hybridized carbons (Fsp3) is 0.409. The molecule has 0 aliphatic carbocycles. The average Bonchev–Trinajstić information content (AvgIpc) is 3.14. The van der Waals surface area contributed by atoms with Crippen LogP contribution in [0, 0.1) is 0 Å². The molecule has 0 bridgehead atoms. The summed E-state index contributed by atoms with van der Waals surface area (Å²) < 4.78 is 2.01. The summed E-state index contributed by atoms with van der Waals surface area (Å²) in [4.78, 5) is 24.0. The van der Waals surface area contributed by atoms with E-state index in [1.165, 1.54) is 5.56 Å². The van der Waals surface area contributed by atoms with E-state index < -0.39 is 0 Å². The molecule has 0 saturated carbocycles. The predicted molar refractivity (Wildman–Crippen MR) is 110 cm³/mol. The molecule has 0 atom stereocenters. The highest BCUT2D eigenvalue weighted by atomic mass is 16.1. The van der Waals surface area contributed by atoms with E-state index >= 15 is 0 Å². The molecular weight excluding hydrogens is 350 g/mol. The summed E-state index contributed by atoms with van der Waals surface area (Å²) >= 11 is 0. The van der Waals surface area contributed by atoms with E-state index in [1.54, 1.807) is 12.5 Å². The molecule has 4 rings (SSSR count). The van der Waals surface area contributed by atoms with Gasteiger partial charge < -0.3 is 9.88 Å². The van der Waals surface area contributed by atoms with Crippen molar-refractivity contribution in [2.24, 2.45) is 0 Å². The number of rotatable bonds is 5. The number of pyridine rings is 1. The van der Waals surface area contributed by atoms with E-state index in [1.807, 2.05) is 16.7 Å². The van der Waals surface area contributed by atoms with Gasteiger partial charge in [0.25, 0.3) is 5.91 Å². The maximum absolute atomic E-state index is 12.7. The highest BCUT2D eigenvalue weighted by Gasteiger charge is 2.21. The van der Waals surface area contributed by atoms with Gasteiger partial charge >= 0.3 is 0 Å². The molecular formula is C22H27N5O. The lowest BCUT2D eigenvalue weighted by molar-refractivity contribution is 0.0908. The van der Waals surface area contributed by atoms with Crippen LogP contribution in [0.25, 0.3) is 11.2 Å². The average molecular weight is 377 g/mol. The second-order valence-corrected chi connectivity index (χ2v) is 7.82. The molecule has 0 spiro atoms. The van der Waals surface area contributed by atoms with Gasteiger partial charge in [-0.2, -0.15) is 0 Å². The van der Waals surface area contributed by atoms with E-state index in [-0.39, 0.29) is 11.9 Å². The van der Waals surface area contributed by atoms with Crippen LogP contribution in [0.2, 0.25) is 0 Å². The first-order valence-corrected chi connectivity index (χ1v) is 10.00. The molecule has 6 nitrogen and oxygen atoms in total. The van der Waals surface area contributed by atoms with Gasteiger partial charge in [0.05, 0.1) is 11.9 Å². The normalized spacial score (nSPS) is 16.0. The summed E-state index contributed by atoms with van der Waals surface area (Å²) in [5, 5.41) is 3.17. The van der Waals surface area contributed by atoms with Crippen LogP contribution in [-0.4, -0.2) is 44.5 Å². The number of benzene rings is 1.